The van der Waals surface area contributed by atoms with Crippen LogP contribution in [0.25, 0.3) is 0 Å². The first kappa shape index (κ1) is 13.6. The molecule has 1 heteroatoms. The Bertz CT molecular complexity index is 128. The fourth-order valence-corrected chi connectivity index (χ4v) is 20.2. The topological polar surface area (TPSA) is 0 Å². The van der Waals surface area contributed by atoms with Gasteiger partial charge in [-0.2, -0.15) is 0 Å². The SMILES string of the molecule is C[C](C)(C)[Ga]([C](C)(C)C)[C](C)(C)C. The Morgan fingerprint density at radius 1 is 0.462 bits per heavy atom. The summed E-state index contributed by atoms with van der Waals surface area (Å²) >= 11 is -1.33. The molecule has 0 aliphatic carbocycles. The van der Waals surface area contributed by atoms with Crippen molar-refractivity contribution in [3.05, 3.63) is 0 Å². The van der Waals surface area contributed by atoms with Gasteiger partial charge >= 0.3 is 90.4 Å². The van der Waals surface area contributed by atoms with Crippen LogP contribution in [0.5, 0.6) is 0 Å². The van der Waals surface area contributed by atoms with Crippen molar-refractivity contribution in [2.75, 3.05) is 0 Å². The van der Waals surface area contributed by atoms with Crippen LogP contribution >= 0.6 is 0 Å². The van der Waals surface area contributed by atoms with Crippen molar-refractivity contribution < 1.29 is 0 Å². The van der Waals surface area contributed by atoms with E-state index < -0.39 is 16.2 Å². The Hall–Kier alpha value is 0.636. The predicted octanol–water partition coefficient (Wildman–Crippen LogP) is 4.88. The molecule has 0 aromatic carbocycles. The van der Waals surface area contributed by atoms with Crippen LogP contribution < -0.4 is 0 Å². The van der Waals surface area contributed by atoms with Gasteiger partial charge in [0.25, 0.3) is 0 Å². The predicted molar refractivity (Wildman–Crippen MR) is 64.9 cm³/mol. The second kappa shape index (κ2) is 3.66. The molecule has 0 radical (unpaired) electrons. The Kier molecular flexibility index (Phi) is 3.83. The van der Waals surface area contributed by atoms with Crippen molar-refractivity contribution >= 4 is 16.2 Å². The molecule has 0 amide bonds. The number of hydrogen-bond donors (Lipinski definition) is 0. The Labute approximate surface area is 90.5 Å². The zero-order valence-electron chi connectivity index (χ0n) is 11.1. The molecule has 0 rings (SSSR count). The molecule has 0 aliphatic heterocycles. The van der Waals surface area contributed by atoms with Gasteiger partial charge in [0.15, 0.2) is 0 Å². The van der Waals surface area contributed by atoms with E-state index in [-0.39, 0.29) is 0 Å². The Balaban J connectivity index is 5.02. The Morgan fingerprint density at radius 3 is 0.615 bits per heavy atom. The molecule has 13 heavy (non-hydrogen) atoms. The van der Waals surface area contributed by atoms with Crippen LogP contribution in [0.3, 0.4) is 0 Å². The second-order valence-corrected chi connectivity index (χ2v) is 20.2. The van der Waals surface area contributed by atoms with Crippen LogP contribution in [0, 0.1) is 0 Å². The van der Waals surface area contributed by atoms with Gasteiger partial charge in [-0.3, -0.25) is 0 Å². The van der Waals surface area contributed by atoms with Crippen molar-refractivity contribution in [3.8, 4) is 0 Å². The molecule has 78 valence electrons. The maximum atomic E-state index is 2.44. The summed E-state index contributed by atoms with van der Waals surface area (Å²) in [5.74, 6) is 0. The fourth-order valence-electron chi connectivity index (χ4n) is 3.90. The summed E-state index contributed by atoms with van der Waals surface area (Å²) in [6.45, 7) is 21.9. The van der Waals surface area contributed by atoms with E-state index in [1.54, 1.807) is 0 Å². The van der Waals surface area contributed by atoms with Gasteiger partial charge in [0, 0.05) is 0 Å². The van der Waals surface area contributed by atoms with E-state index in [1.807, 2.05) is 0 Å². The van der Waals surface area contributed by atoms with Crippen molar-refractivity contribution in [2.45, 2.75) is 74.2 Å². The summed E-state index contributed by atoms with van der Waals surface area (Å²) in [7, 11) is 0. The van der Waals surface area contributed by atoms with E-state index in [9.17, 15) is 0 Å². The van der Waals surface area contributed by atoms with E-state index in [2.05, 4.69) is 62.3 Å². The standard InChI is InChI=1S/3C4H9.Ga/c3*1-4(2)3;/h3*1-3H3;. The first-order valence-electron chi connectivity index (χ1n) is 5.37. The molecule has 0 aromatic rings. The molecule has 0 unspecified atom stereocenters. The summed E-state index contributed by atoms with van der Waals surface area (Å²) in [6, 6.07) is 0. The summed E-state index contributed by atoms with van der Waals surface area (Å²) in [4.78, 5) is 0. The molecular formula is C12H27Ga. The minimum absolute atomic E-state index is 0.573. The first-order valence-corrected chi connectivity index (χ1v) is 9.00. The molecule has 0 nitrogen and oxygen atoms in total. The zero-order chi connectivity index (χ0) is 11.1. The molecule has 0 saturated carbocycles. The molecule has 0 aromatic heterocycles. The summed E-state index contributed by atoms with van der Waals surface area (Å²) in [5, 5.41) is 0. The van der Waals surface area contributed by atoms with Gasteiger partial charge < -0.3 is 0 Å². The number of rotatable bonds is 0. The molecule has 0 atom stereocenters. The van der Waals surface area contributed by atoms with Crippen LogP contribution in [0.1, 0.15) is 62.3 Å². The van der Waals surface area contributed by atoms with Crippen LogP contribution in [0.15, 0.2) is 0 Å². The number of hydrogen-bond acceptors (Lipinski definition) is 0. The molecule has 0 spiro atoms. The van der Waals surface area contributed by atoms with Crippen LogP contribution in [0.2, 0.25) is 11.9 Å². The third-order valence-corrected chi connectivity index (χ3v) is 13.5. The van der Waals surface area contributed by atoms with Gasteiger partial charge in [0.05, 0.1) is 0 Å². The molecular weight excluding hydrogens is 214 g/mol. The second-order valence-electron chi connectivity index (χ2n) is 7.53. The zero-order valence-corrected chi connectivity index (χ0v) is 13.5. The van der Waals surface area contributed by atoms with Gasteiger partial charge in [0.2, 0.25) is 0 Å². The average molecular weight is 241 g/mol. The van der Waals surface area contributed by atoms with Crippen LogP contribution in [-0.4, -0.2) is 16.2 Å². The maximum absolute atomic E-state index is 2.44. The van der Waals surface area contributed by atoms with Crippen molar-refractivity contribution in [2.24, 2.45) is 0 Å². The van der Waals surface area contributed by atoms with Crippen molar-refractivity contribution in [3.63, 3.8) is 0 Å². The van der Waals surface area contributed by atoms with E-state index in [0.717, 1.165) is 0 Å². The van der Waals surface area contributed by atoms with E-state index in [4.69, 9.17) is 0 Å². The molecule has 0 heterocycles. The normalized spacial score (nSPS) is 14.5. The van der Waals surface area contributed by atoms with Crippen LogP contribution in [0.4, 0.5) is 0 Å². The minimum atomic E-state index is -1.33. The molecule has 0 fully saturated rings. The molecule has 0 aliphatic rings. The summed E-state index contributed by atoms with van der Waals surface area (Å²) < 4.78 is 1.72. The van der Waals surface area contributed by atoms with Crippen LogP contribution in [-0.2, 0) is 0 Å². The summed E-state index contributed by atoms with van der Waals surface area (Å²) in [6.07, 6.45) is 0. The average Bonchev–Trinajstić information content (AvgIpc) is 1.44. The van der Waals surface area contributed by atoms with Gasteiger partial charge in [-0.25, -0.2) is 0 Å². The van der Waals surface area contributed by atoms with E-state index in [1.165, 1.54) is 0 Å². The van der Waals surface area contributed by atoms with Crippen molar-refractivity contribution in [1.29, 1.82) is 0 Å². The van der Waals surface area contributed by atoms with E-state index in [0.29, 0.717) is 11.9 Å². The quantitative estimate of drug-likeness (QED) is 0.530. The van der Waals surface area contributed by atoms with Gasteiger partial charge in [-0.15, -0.1) is 0 Å². The fraction of sp³-hybridized carbons (Fsp3) is 1.00. The summed E-state index contributed by atoms with van der Waals surface area (Å²) in [5.41, 5.74) is 0. The van der Waals surface area contributed by atoms with Gasteiger partial charge in [-0.05, 0) is 0 Å². The molecule has 0 bridgehead atoms. The van der Waals surface area contributed by atoms with Gasteiger partial charge in [0.1, 0.15) is 0 Å². The third-order valence-electron chi connectivity index (χ3n) is 2.60. The molecule has 0 saturated heterocycles. The Morgan fingerprint density at radius 2 is 0.615 bits per heavy atom. The third kappa shape index (κ3) is 4.12. The molecule has 0 N–H and O–H groups in total. The first-order chi connectivity index (χ1) is 5.37. The van der Waals surface area contributed by atoms with Crippen molar-refractivity contribution in [1.82, 2.24) is 0 Å². The van der Waals surface area contributed by atoms with Gasteiger partial charge in [-0.1, -0.05) is 0 Å². The monoisotopic (exact) mass is 240 g/mol. The van der Waals surface area contributed by atoms with E-state index >= 15 is 0 Å².